The van der Waals surface area contributed by atoms with Gasteiger partial charge in [-0.05, 0) is 66.1 Å². The van der Waals surface area contributed by atoms with Crippen molar-refractivity contribution in [1.29, 1.82) is 0 Å². The quantitative estimate of drug-likeness (QED) is 0.312. The molecule has 0 bridgehead atoms. The number of nitrogens with one attached hydrogen (secondary N) is 2. The molecule has 0 spiro atoms. The highest BCUT2D eigenvalue weighted by Crippen LogP contribution is 2.15. The maximum atomic E-state index is 5.91. The summed E-state index contributed by atoms with van der Waals surface area (Å²) in [4.78, 5) is 7.03. The molecule has 1 atom stereocenters. The third kappa shape index (κ3) is 11.0. The van der Waals surface area contributed by atoms with Gasteiger partial charge in [-0.2, -0.15) is 0 Å². The maximum Gasteiger partial charge on any atom is 0.191 e. The van der Waals surface area contributed by atoms with Gasteiger partial charge in [-0.1, -0.05) is 30.3 Å². The Balaban J connectivity index is 2.19. The monoisotopic (exact) mass is 376 g/mol. The zero-order valence-corrected chi connectivity index (χ0v) is 18.0. The molecule has 0 aliphatic carbocycles. The number of nitrogens with zero attached hydrogens (tertiary/aromatic N) is 2. The molecule has 0 aromatic heterocycles. The molecule has 0 saturated heterocycles. The predicted molar refractivity (Wildman–Crippen MR) is 116 cm³/mol. The van der Waals surface area contributed by atoms with Gasteiger partial charge in [-0.25, -0.2) is 0 Å². The van der Waals surface area contributed by atoms with Crippen molar-refractivity contribution in [3.8, 4) is 0 Å². The molecule has 1 unspecified atom stereocenters. The Bertz CT molecular complexity index is 504. The molecule has 27 heavy (non-hydrogen) atoms. The smallest absolute Gasteiger partial charge is 0.191 e. The van der Waals surface area contributed by atoms with Crippen LogP contribution >= 0.6 is 0 Å². The van der Waals surface area contributed by atoms with Crippen molar-refractivity contribution < 1.29 is 4.74 Å². The summed E-state index contributed by atoms with van der Waals surface area (Å²) < 4.78 is 5.91. The largest absolute Gasteiger partial charge is 0.374 e. The second kappa shape index (κ2) is 14.5. The van der Waals surface area contributed by atoms with E-state index in [0.29, 0.717) is 6.04 Å². The number of ether oxygens (including phenoxy) is 1. The van der Waals surface area contributed by atoms with E-state index in [1.807, 2.05) is 6.07 Å². The van der Waals surface area contributed by atoms with Crippen LogP contribution in [0.5, 0.6) is 0 Å². The standard InChI is InChI=1S/C22H40N4O/c1-6-23-22(24-15-10-11-17-26(5)19(2)3)25-16-12-18-27-20(4)21-13-8-7-9-14-21/h7-9,13-14,19-20H,6,10-12,15-18H2,1-5H3,(H2,23,24,25). The number of guanidine groups is 1. The van der Waals surface area contributed by atoms with Crippen molar-refractivity contribution in [2.24, 2.45) is 4.99 Å². The predicted octanol–water partition coefficient (Wildman–Crippen LogP) is 3.83. The minimum Gasteiger partial charge on any atom is -0.374 e. The highest BCUT2D eigenvalue weighted by molar-refractivity contribution is 5.79. The molecule has 0 amide bonds. The summed E-state index contributed by atoms with van der Waals surface area (Å²) in [5.41, 5.74) is 1.22. The zero-order chi connectivity index (χ0) is 19.9. The zero-order valence-electron chi connectivity index (χ0n) is 18.0. The van der Waals surface area contributed by atoms with E-state index < -0.39 is 0 Å². The Morgan fingerprint density at radius 3 is 2.48 bits per heavy atom. The van der Waals surface area contributed by atoms with Crippen LogP contribution in [0.2, 0.25) is 0 Å². The molecule has 5 heteroatoms. The lowest BCUT2D eigenvalue weighted by molar-refractivity contribution is 0.0652. The van der Waals surface area contributed by atoms with Crippen LogP contribution in [0.4, 0.5) is 0 Å². The lowest BCUT2D eigenvalue weighted by Crippen LogP contribution is -2.38. The molecule has 1 rings (SSSR count). The number of hydrogen-bond donors (Lipinski definition) is 2. The number of aliphatic imine (C=N–C) groups is 1. The third-order valence-electron chi connectivity index (χ3n) is 4.67. The normalized spacial score (nSPS) is 13.2. The molecule has 5 nitrogen and oxygen atoms in total. The van der Waals surface area contributed by atoms with E-state index >= 15 is 0 Å². The summed E-state index contributed by atoms with van der Waals surface area (Å²) >= 11 is 0. The molecule has 0 heterocycles. The first kappa shape index (κ1) is 23.4. The van der Waals surface area contributed by atoms with E-state index in [4.69, 9.17) is 4.74 Å². The third-order valence-corrected chi connectivity index (χ3v) is 4.67. The van der Waals surface area contributed by atoms with Crippen molar-refractivity contribution in [2.45, 2.75) is 59.1 Å². The van der Waals surface area contributed by atoms with E-state index in [9.17, 15) is 0 Å². The van der Waals surface area contributed by atoms with Gasteiger partial charge < -0.3 is 20.3 Å². The van der Waals surface area contributed by atoms with Crippen LogP contribution in [0.1, 0.15) is 58.6 Å². The molecular weight excluding hydrogens is 336 g/mol. The van der Waals surface area contributed by atoms with Crippen LogP contribution in [0.15, 0.2) is 35.3 Å². The SMILES string of the molecule is CCNC(=NCCCOC(C)c1ccccc1)NCCCCN(C)C(C)C. The van der Waals surface area contributed by atoms with Crippen molar-refractivity contribution in [3.63, 3.8) is 0 Å². The van der Waals surface area contributed by atoms with Crippen LogP contribution in [0.25, 0.3) is 0 Å². The molecule has 0 saturated carbocycles. The number of hydrogen-bond acceptors (Lipinski definition) is 3. The summed E-state index contributed by atoms with van der Waals surface area (Å²) in [6.45, 7) is 13.1. The average Bonchev–Trinajstić information content (AvgIpc) is 2.67. The number of rotatable bonds is 13. The Morgan fingerprint density at radius 1 is 1.07 bits per heavy atom. The topological polar surface area (TPSA) is 48.9 Å². The minimum absolute atomic E-state index is 0.130. The first-order valence-corrected chi connectivity index (χ1v) is 10.4. The molecule has 0 aliphatic rings. The van der Waals surface area contributed by atoms with Crippen LogP contribution in [-0.2, 0) is 4.74 Å². The summed E-state index contributed by atoms with van der Waals surface area (Å²) in [6, 6.07) is 11.0. The molecule has 0 radical (unpaired) electrons. The van der Waals surface area contributed by atoms with Gasteiger partial charge in [0.2, 0.25) is 0 Å². The van der Waals surface area contributed by atoms with Gasteiger partial charge in [0.1, 0.15) is 0 Å². The first-order chi connectivity index (χ1) is 13.0. The lowest BCUT2D eigenvalue weighted by Gasteiger charge is -2.20. The van der Waals surface area contributed by atoms with Gasteiger partial charge in [0.15, 0.2) is 5.96 Å². The van der Waals surface area contributed by atoms with E-state index in [1.165, 1.54) is 12.0 Å². The van der Waals surface area contributed by atoms with Crippen molar-refractivity contribution in [2.75, 3.05) is 39.8 Å². The fourth-order valence-electron chi connectivity index (χ4n) is 2.63. The molecular formula is C22H40N4O. The van der Waals surface area contributed by atoms with Crippen LogP contribution in [0.3, 0.4) is 0 Å². The van der Waals surface area contributed by atoms with Gasteiger partial charge in [-0.15, -0.1) is 0 Å². The summed E-state index contributed by atoms with van der Waals surface area (Å²) in [5, 5.41) is 6.74. The summed E-state index contributed by atoms with van der Waals surface area (Å²) in [5.74, 6) is 0.908. The molecule has 2 N–H and O–H groups in total. The molecule has 1 aromatic rings. The fraction of sp³-hybridized carbons (Fsp3) is 0.682. The summed E-state index contributed by atoms with van der Waals surface area (Å²) in [6.07, 6.45) is 3.41. The summed E-state index contributed by atoms with van der Waals surface area (Å²) in [7, 11) is 2.18. The van der Waals surface area contributed by atoms with Gasteiger partial charge in [0.05, 0.1) is 6.10 Å². The Morgan fingerprint density at radius 2 is 1.81 bits per heavy atom. The Kier molecular flexibility index (Phi) is 12.6. The highest BCUT2D eigenvalue weighted by Gasteiger charge is 2.04. The van der Waals surface area contributed by atoms with E-state index in [0.717, 1.165) is 51.6 Å². The van der Waals surface area contributed by atoms with Gasteiger partial charge in [0.25, 0.3) is 0 Å². The van der Waals surface area contributed by atoms with Crippen molar-refractivity contribution in [1.82, 2.24) is 15.5 Å². The van der Waals surface area contributed by atoms with E-state index in [1.54, 1.807) is 0 Å². The Hall–Kier alpha value is -1.59. The van der Waals surface area contributed by atoms with Crippen LogP contribution in [0, 0.1) is 0 Å². The first-order valence-electron chi connectivity index (χ1n) is 10.4. The van der Waals surface area contributed by atoms with Crippen molar-refractivity contribution >= 4 is 5.96 Å². The number of unbranched alkanes of at least 4 members (excludes halogenated alkanes) is 1. The highest BCUT2D eigenvalue weighted by atomic mass is 16.5. The van der Waals surface area contributed by atoms with E-state index in [2.05, 4.69) is 79.5 Å². The lowest BCUT2D eigenvalue weighted by atomic mass is 10.1. The Labute approximate surface area is 166 Å². The van der Waals surface area contributed by atoms with Gasteiger partial charge in [0, 0.05) is 32.3 Å². The second-order valence-electron chi connectivity index (χ2n) is 7.25. The van der Waals surface area contributed by atoms with Crippen molar-refractivity contribution in [3.05, 3.63) is 35.9 Å². The number of benzene rings is 1. The molecule has 1 aromatic carbocycles. The molecule has 0 aliphatic heterocycles. The molecule has 0 fully saturated rings. The van der Waals surface area contributed by atoms with Crippen LogP contribution in [-0.4, -0.2) is 56.7 Å². The maximum absolute atomic E-state index is 5.91. The molecule has 154 valence electrons. The second-order valence-corrected chi connectivity index (χ2v) is 7.25. The minimum atomic E-state index is 0.130. The van der Waals surface area contributed by atoms with Gasteiger partial charge in [-0.3, -0.25) is 4.99 Å². The fourth-order valence-corrected chi connectivity index (χ4v) is 2.63. The average molecular weight is 377 g/mol. The van der Waals surface area contributed by atoms with Crippen LogP contribution < -0.4 is 10.6 Å². The van der Waals surface area contributed by atoms with Gasteiger partial charge >= 0.3 is 0 Å². The van der Waals surface area contributed by atoms with E-state index in [-0.39, 0.29) is 6.10 Å².